The lowest BCUT2D eigenvalue weighted by atomic mass is 9.48. The summed E-state index contributed by atoms with van der Waals surface area (Å²) in [7, 11) is 0. The molecule has 0 bridgehead atoms. The van der Waals surface area contributed by atoms with Gasteiger partial charge in [0.05, 0.1) is 6.61 Å². The van der Waals surface area contributed by atoms with Crippen LogP contribution in [0.25, 0.3) is 0 Å². The summed E-state index contributed by atoms with van der Waals surface area (Å²) in [5.74, 6) is 7.19. The quantitative estimate of drug-likeness (QED) is 0.540. The highest BCUT2D eigenvalue weighted by Crippen LogP contribution is 2.65. The summed E-state index contributed by atoms with van der Waals surface area (Å²) in [4.78, 5) is 0. The van der Waals surface area contributed by atoms with Crippen LogP contribution in [0.15, 0.2) is 12.2 Å². The van der Waals surface area contributed by atoms with Crippen LogP contribution in [0.4, 0.5) is 0 Å². The standard InChI is InChI=1S/C23H33ClO2/c1-15(14-25)20-5-6-21-19-4-3-16-13-23(26,11-12-24)10-8-17(16)18(19)7-9-22(20,21)2/h16-21,25-26H,1,3-10,13-14H2,2H3/t16-,17+,18-,19-,20-,21+,22-,23-/m1/s1. The predicted octanol–water partition coefficient (Wildman–Crippen LogP) is 4.73. The van der Waals surface area contributed by atoms with Crippen LogP contribution < -0.4 is 0 Å². The van der Waals surface area contributed by atoms with E-state index in [2.05, 4.69) is 24.8 Å². The second kappa shape index (κ2) is 6.84. The minimum atomic E-state index is -0.851. The maximum atomic E-state index is 10.7. The van der Waals surface area contributed by atoms with Gasteiger partial charge in [0, 0.05) is 5.38 Å². The second-order valence-electron chi connectivity index (χ2n) is 9.92. The van der Waals surface area contributed by atoms with E-state index in [9.17, 15) is 10.2 Å². The van der Waals surface area contributed by atoms with Crippen molar-refractivity contribution in [2.75, 3.05) is 6.61 Å². The Morgan fingerprint density at radius 1 is 1.08 bits per heavy atom. The van der Waals surface area contributed by atoms with Gasteiger partial charge >= 0.3 is 0 Å². The highest BCUT2D eigenvalue weighted by atomic mass is 35.5. The molecule has 0 heterocycles. The van der Waals surface area contributed by atoms with Crippen LogP contribution in [-0.2, 0) is 0 Å². The number of aliphatic hydroxyl groups excluding tert-OH is 1. The number of aliphatic hydroxyl groups is 2. The maximum absolute atomic E-state index is 10.7. The second-order valence-corrected chi connectivity index (χ2v) is 10.1. The molecule has 3 heteroatoms. The molecule has 144 valence electrons. The molecule has 26 heavy (non-hydrogen) atoms. The molecule has 0 spiro atoms. The van der Waals surface area contributed by atoms with Crippen molar-refractivity contribution in [1.29, 1.82) is 0 Å². The minimum Gasteiger partial charge on any atom is -0.392 e. The Bertz CT molecular complexity index is 634. The van der Waals surface area contributed by atoms with Crippen molar-refractivity contribution in [1.82, 2.24) is 0 Å². The van der Waals surface area contributed by atoms with Gasteiger partial charge in [0.15, 0.2) is 0 Å². The minimum absolute atomic E-state index is 0.145. The van der Waals surface area contributed by atoms with Crippen molar-refractivity contribution >= 4 is 11.6 Å². The van der Waals surface area contributed by atoms with Crippen molar-refractivity contribution in [2.24, 2.45) is 40.9 Å². The number of hydrogen-bond acceptors (Lipinski definition) is 2. The fraction of sp³-hybridized carbons (Fsp3) is 0.826. The van der Waals surface area contributed by atoms with Crippen LogP contribution in [0.5, 0.6) is 0 Å². The first-order chi connectivity index (χ1) is 12.4. The molecule has 0 saturated heterocycles. The van der Waals surface area contributed by atoms with Gasteiger partial charge in [-0.15, -0.1) is 0 Å². The van der Waals surface area contributed by atoms with E-state index in [-0.39, 0.29) is 6.61 Å². The molecule has 4 rings (SSSR count). The topological polar surface area (TPSA) is 40.5 Å². The summed E-state index contributed by atoms with van der Waals surface area (Å²) in [5.41, 5.74) is 0.549. The lowest BCUT2D eigenvalue weighted by Gasteiger charge is -2.57. The van der Waals surface area contributed by atoms with Gasteiger partial charge in [0.2, 0.25) is 0 Å². The zero-order valence-electron chi connectivity index (χ0n) is 16.0. The van der Waals surface area contributed by atoms with Gasteiger partial charge in [-0.25, -0.2) is 0 Å². The van der Waals surface area contributed by atoms with Gasteiger partial charge in [-0.3, -0.25) is 0 Å². The SMILES string of the molecule is C=C(CO)[C@H]1CC[C@H]2[C@@H]3CC[C@@H]4C[C@](O)(C#CCl)CC[C@@H]4[C@H]3CC[C@]12C. The van der Waals surface area contributed by atoms with Crippen molar-refractivity contribution in [2.45, 2.75) is 70.3 Å². The van der Waals surface area contributed by atoms with Crippen LogP contribution in [0.3, 0.4) is 0 Å². The van der Waals surface area contributed by atoms with Crippen molar-refractivity contribution in [3.63, 3.8) is 0 Å². The largest absolute Gasteiger partial charge is 0.392 e. The number of rotatable bonds is 2. The molecular formula is C23H33ClO2. The van der Waals surface area contributed by atoms with E-state index in [1.165, 1.54) is 38.5 Å². The van der Waals surface area contributed by atoms with Gasteiger partial charge in [-0.1, -0.05) is 19.4 Å². The van der Waals surface area contributed by atoms with Gasteiger partial charge in [-0.2, -0.15) is 0 Å². The molecule has 0 aromatic heterocycles. The molecule has 0 aromatic carbocycles. The fourth-order valence-corrected chi connectivity index (χ4v) is 8.04. The Hall–Kier alpha value is -0.490. The molecule has 2 N–H and O–H groups in total. The lowest BCUT2D eigenvalue weighted by molar-refractivity contribution is -0.0876. The van der Waals surface area contributed by atoms with Crippen molar-refractivity contribution in [3.8, 4) is 11.3 Å². The van der Waals surface area contributed by atoms with E-state index in [1.54, 1.807) is 0 Å². The summed E-state index contributed by atoms with van der Waals surface area (Å²) >= 11 is 5.59. The van der Waals surface area contributed by atoms with E-state index in [0.717, 1.165) is 48.5 Å². The molecule has 8 atom stereocenters. The molecule has 0 aromatic rings. The smallest absolute Gasteiger partial charge is 0.127 e. The third kappa shape index (κ3) is 2.86. The van der Waals surface area contributed by atoms with Crippen molar-refractivity contribution in [3.05, 3.63) is 12.2 Å². The highest BCUT2D eigenvalue weighted by Gasteiger charge is 2.57. The monoisotopic (exact) mass is 376 g/mol. The van der Waals surface area contributed by atoms with E-state index >= 15 is 0 Å². The summed E-state index contributed by atoms with van der Waals surface area (Å²) in [6.45, 7) is 6.82. The summed E-state index contributed by atoms with van der Waals surface area (Å²) in [6.07, 6.45) is 10.3. The first-order valence-corrected chi connectivity index (χ1v) is 10.9. The zero-order valence-corrected chi connectivity index (χ0v) is 16.8. The lowest BCUT2D eigenvalue weighted by Crippen LogP contribution is -2.50. The van der Waals surface area contributed by atoms with Crippen LogP contribution >= 0.6 is 11.6 Å². The molecule has 0 aliphatic heterocycles. The van der Waals surface area contributed by atoms with Gasteiger partial charge in [0.25, 0.3) is 0 Å². The van der Waals surface area contributed by atoms with E-state index < -0.39 is 5.60 Å². The molecule has 0 amide bonds. The Morgan fingerprint density at radius 2 is 1.85 bits per heavy atom. The number of hydrogen-bond donors (Lipinski definition) is 2. The third-order valence-electron chi connectivity index (χ3n) is 8.99. The molecule has 4 fully saturated rings. The van der Waals surface area contributed by atoms with E-state index in [0.29, 0.717) is 17.3 Å². The van der Waals surface area contributed by atoms with Crippen LogP contribution in [-0.4, -0.2) is 22.4 Å². The number of fused-ring (bicyclic) bond motifs is 5. The van der Waals surface area contributed by atoms with Crippen molar-refractivity contribution < 1.29 is 10.2 Å². The van der Waals surface area contributed by atoms with Gasteiger partial charge < -0.3 is 10.2 Å². The first-order valence-electron chi connectivity index (χ1n) is 10.6. The molecule has 0 radical (unpaired) electrons. The summed E-state index contributed by atoms with van der Waals surface area (Å²) in [5, 5.41) is 22.8. The first kappa shape index (κ1) is 18.9. The average Bonchev–Trinajstić information content (AvgIpc) is 2.98. The Balaban J connectivity index is 1.52. The molecule has 4 saturated carbocycles. The number of halogens is 1. The molecule has 4 aliphatic carbocycles. The third-order valence-corrected chi connectivity index (χ3v) is 9.08. The van der Waals surface area contributed by atoms with E-state index in [1.807, 2.05) is 0 Å². The molecule has 4 aliphatic rings. The Labute approximate surface area is 163 Å². The maximum Gasteiger partial charge on any atom is 0.127 e. The highest BCUT2D eigenvalue weighted by molar-refractivity contribution is 6.30. The Morgan fingerprint density at radius 3 is 2.58 bits per heavy atom. The van der Waals surface area contributed by atoms with E-state index in [4.69, 9.17) is 11.6 Å². The van der Waals surface area contributed by atoms with Gasteiger partial charge in [0.1, 0.15) is 5.60 Å². The Kier molecular flexibility index (Phi) is 4.96. The normalized spacial score (nSPS) is 50.0. The zero-order chi connectivity index (χ0) is 18.5. The average molecular weight is 377 g/mol. The predicted molar refractivity (Wildman–Crippen MR) is 105 cm³/mol. The van der Waals surface area contributed by atoms with Gasteiger partial charge in [-0.05, 0) is 116 Å². The van der Waals surface area contributed by atoms with Crippen LogP contribution in [0.2, 0.25) is 0 Å². The molecule has 2 nitrogen and oxygen atoms in total. The van der Waals surface area contributed by atoms with Crippen LogP contribution in [0, 0.1) is 52.2 Å². The summed E-state index contributed by atoms with van der Waals surface area (Å²) < 4.78 is 0. The fourth-order valence-electron chi connectivity index (χ4n) is 7.86. The van der Waals surface area contributed by atoms with Crippen LogP contribution in [0.1, 0.15) is 64.7 Å². The molecule has 0 unspecified atom stereocenters. The molecular weight excluding hydrogens is 344 g/mol. The summed E-state index contributed by atoms with van der Waals surface area (Å²) in [6, 6.07) is 0.